The molecule has 0 fully saturated rings. The fourth-order valence-corrected chi connectivity index (χ4v) is 1.95. The highest BCUT2D eigenvalue weighted by Gasteiger charge is 2.05. The van der Waals surface area contributed by atoms with Crippen LogP contribution in [0.1, 0.15) is 16.8 Å². The Morgan fingerprint density at radius 1 is 1.14 bits per heavy atom. The summed E-state index contributed by atoms with van der Waals surface area (Å²) in [7, 11) is 0. The van der Waals surface area contributed by atoms with Crippen molar-refractivity contribution < 1.29 is 4.79 Å². The topological polar surface area (TPSA) is 66.9 Å². The number of rotatable bonds is 6. The summed E-state index contributed by atoms with van der Waals surface area (Å²) in [4.78, 5) is 19.5. The van der Waals surface area contributed by atoms with Crippen LogP contribution in [0.2, 0.25) is 10.3 Å². The zero-order valence-corrected chi connectivity index (χ0v) is 12.7. The summed E-state index contributed by atoms with van der Waals surface area (Å²) in [5.41, 5.74) is 0.649. The summed E-state index contributed by atoms with van der Waals surface area (Å²) >= 11 is 11.6. The van der Waals surface area contributed by atoms with Gasteiger partial charge >= 0.3 is 0 Å². The van der Waals surface area contributed by atoms with E-state index in [-0.39, 0.29) is 11.2 Å². The number of anilines is 1. The fourth-order valence-electron chi connectivity index (χ4n) is 1.66. The van der Waals surface area contributed by atoms with Crippen molar-refractivity contribution in [3.63, 3.8) is 0 Å². The quantitative estimate of drug-likeness (QED) is 0.633. The van der Waals surface area contributed by atoms with E-state index >= 15 is 0 Å². The van der Waals surface area contributed by atoms with Crippen molar-refractivity contribution in [3.8, 4) is 0 Å². The van der Waals surface area contributed by atoms with E-state index in [9.17, 15) is 4.79 Å². The number of hydrogen-bond acceptors (Lipinski definition) is 4. The van der Waals surface area contributed by atoms with Crippen LogP contribution in [0.4, 0.5) is 5.82 Å². The largest absolute Gasteiger partial charge is 0.369 e. The van der Waals surface area contributed by atoms with Crippen LogP contribution in [0.3, 0.4) is 0 Å². The van der Waals surface area contributed by atoms with E-state index in [1.165, 1.54) is 6.20 Å². The van der Waals surface area contributed by atoms with Gasteiger partial charge in [0.2, 0.25) is 5.28 Å². The second-order valence-electron chi connectivity index (χ2n) is 4.24. The standard InChI is InChI=1S/C14H14Cl2N4O/c15-11-9-19-14(16)20-12(11)17-7-4-8-18-13(21)10-5-2-1-3-6-10/h1-3,5-6,9H,4,7-8H2,(H,18,21)(H,17,19,20). The van der Waals surface area contributed by atoms with Gasteiger partial charge in [0, 0.05) is 18.7 Å². The van der Waals surface area contributed by atoms with Crippen molar-refractivity contribution in [3.05, 3.63) is 52.4 Å². The lowest BCUT2D eigenvalue weighted by molar-refractivity contribution is 0.0953. The molecule has 1 aromatic carbocycles. The van der Waals surface area contributed by atoms with Crippen LogP contribution in [0.25, 0.3) is 0 Å². The fraction of sp³-hybridized carbons (Fsp3) is 0.214. The molecule has 0 aliphatic rings. The molecule has 0 radical (unpaired) electrons. The summed E-state index contributed by atoms with van der Waals surface area (Å²) in [5, 5.41) is 6.44. The predicted molar refractivity (Wildman–Crippen MR) is 83.9 cm³/mol. The second kappa shape index (κ2) is 7.81. The molecule has 0 aliphatic heterocycles. The number of carbonyl (C=O) groups excluding carboxylic acids is 1. The van der Waals surface area contributed by atoms with Crippen molar-refractivity contribution in [2.24, 2.45) is 0 Å². The van der Waals surface area contributed by atoms with E-state index in [0.29, 0.717) is 29.5 Å². The van der Waals surface area contributed by atoms with Gasteiger partial charge < -0.3 is 10.6 Å². The molecule has 0 aliphatic carbocycles. The zero-order chi connectivity index (χ0) is 15.1. The average Bonchev–Trinajstić information content (AvgIpc) is 2.51. The lowest BCUT2D eigenvalue weighted by Crippen LogP contribution is -2.25. The van der Waals surface area contributed by atoms with Gasteiger partial charge in [-0.1, -0.05) is 29.8 Å². The van der Waals surface area contributed by atoms with Crippen molar-refractivity contribution in [2.75, 3.05) is 18.4 Å². The summed E-state index contributed by atoms with van der Waals surface area (Å²) in [6.07, 6.45) is 2.17. The predicted octanol–water partition coefficient (Wildman–Crippen LogP) is 3.02. The number of benzene rings is 1. The van der Waals surface area contributed by atoms with E-state index < -0.39 is 0 Å². The number of amides is 1. The SMILES string of the molecule is O=C(NCCCNc1nc(Cl)ncc1Cl)c1ccccc1. The van der Waals surface area contributed by atoms with E-state index in [1.54, 1.807) is 12.1 Å². The lowest BCUT2D eigenvalue weighted by Gasteiger charge is -2.08. The molecule has 0 saturated carbocycles. The Hall–Kier alpha value is -1.85. The number of nitrogens with one attached hydrogen (secondary N) is 2. The molecular weight excluding hydrogens is 311 g/mol. The van der Waals surface area contributed by atoms with Crippen LogP contribution >= 0.6 is 23.2 Å². The Morgan fingerprint density at radius 2 is 1.90 bits per heavy atom. The van der Waals surface area contributed by atoms with E-state index in [0.717, 1.165) is 6.42 Å². The molecule has 5 nitrogen and oxygen atoms in total. The van der Waals surface area contributed by atoms with Crippen molar-refractivity contribution in [1.82, 2.24) is 15.3 Å². The Balaban J connectivity index is 1.71. The van der Waals surface area contributed by atoms with Gasteiger partial charge in [0.05, 0.1) is 6.20 Å². The maximum absolute atomic E-state index is 11.8. The maximum atomic E-state index is 11.8. The number of halogens is 2. The molecule has 0 spiro atoms. The first-order chi connectivity index (χ1) is 10.2. The van der Waals surface area contributed by atoms with E-state index in [2.05, 4.69) is 20.6 Å². The molecule has 2 aromatic rings. The highest BCUT2D eigenvalue weighted by molar-refractivity contribution is 6.33. The second-order valence-corrected chi connectivity index (χ2v) is 4.98. The Labute approximate surface area is 132 Å². The van der Waals surface area contributed by atoms with Crippen molar-refractivity contribution >= 4 is 34.9 Å². The Morgan fingerprint density at radius 3 is 2.67 bits per heavy atom. The van der Waals surface area contributed by atoms with Gasteiger partial charge in [-0.3, -0.25) is 4.79 Å². The highest BCUT2D eigenvalue weighted by Crippen LogP contribution is 2.18. The van der Waals surface area contributed by atoms with Gasteiger partial charge in [-0.2, -0.15) is 4.98 Å². The van der Waals surface area contributed by atoms with Crippen LogP contribution in [0, 0.1) is 0 Å². The molecule has 1 aromatic heterocycles. The molecule has 21 heavy (non-hydrogen) atoms. The van der Waals surface area contributed by atoms with Gasteiger partial charge in [-0.05, 0) is 30.2 Å². The maximum Gasteiger partial charge on any atom is 0.251 e. The minimum absolute atomic E-state index is 0.0845. The van der Waals surface area contributed by atoms with Gasteiger partial charge in [-0.25, -0.2) is 4.98 Å². The third kappa shape index (κ3) is 4.88. The number of nitrogens with zero attached hydrogens (tertiary/aromatic N) is 2. The van der Waals surface area contributed by atoms with Gasteiger partial charge in [-0.15, -0.1) is 0 Å². The first-order valence-corrected chi connectivity index (χ1v) is 7.17. The Bertz CT molecular complexity index is 607. The summed E-state index contributed by atoms with van der Waals surface area (Å²) < 4.78 is 0. The first-order valence-electron chi connectivity index (χ1n) is 6.42. The smallest absolute Gasteiger partial charge is 0.251 e. The average molecular weight is 325 g/mol. The molecule has 0 atom stereocenters. The molecule has 110 valence electrons. The number of carbonyl (C=O) groups is 1. The molecule has 0 unspecified atom stereocenters. The minimum atomic E-state index is -0.0845. The highest BCUT2D eigenvalue weighted by atomic mass is 35.5. The minimum Gasteiger partial charge on any atom is -0.369 e. The van der Waals surface area contributed by atoms with Gasteiger partial charge in [0.1, 0.15) is 10.8 Å². The van der Waals surface area contributed by atoms with Crippen molar-refractivity contribution in [1.29, 1.82) is 0 Å². The van der Waals surface area contributed by atoms with Crippen LogP contribution < -0.4 is 10.6 Å². The Kier molecular flexibility index (Phi) is 5.78. The molecule has 7 heteroatoms. The van der Waals surface area contributed by atoms with Crippen LogP contribution in [0.5, 0.6) is 0 Å². The number of aromatic nitrogens is 2. The molecule has 0 bridgehead atoms. The monoisotopic (exact) mass is 324 g/mol. The summed E-state index contributed by atoms with van der Waals surface area (Å²) in [6.45, 7) is 1.17. The van der Waals surface area contributed by atoms with E-state index in [1.807, 2.05) is 18.2 Å². The molecule has 1 amide bonds. The van der Waals surface area contributed by atoms with Crippen LogP contribution in [0.15, 0.2) is 36.5 Å². The molecule has 0 saturated heterocycles. The number of hydrogen-bond donors (Lipinski definition) is 2. The summed E-state index contributed by atoms with van der Waals surface area (Å²) in [5.74, 6) is 0.407. The molecular formula is C14H14Cl2N4O. The molecule has 1 heterocycles. The summed E-state index contributed by atoms with van der Waals surface area (Å²) in [6, 6.07) is 9.08. The molecule has 2 rings (SSSR count). The third-order valence-electron chi connectivity index (χ3n) is 2.68. The normalized spacial score (nSPS) is 10.2. The van der Waals surface area contributed by atoms with E-state index in [4.69, 9.17) is 23.2 Å². The van der Waals surface area contributed by atoms with Crippen LogP contribution in [-0.2, 0) is 0 Å². The van der Waals surface area contributed by atoms with Crippen molar-refractivity contribution in [2.45, 2.75) is 6.42 Å². The zero-order valence-electron chi connectivity index (χ0n) is 11.1. The lowest BCUT2D eigenvalue weighted by atomic mass is 10.2. The third-order valence-corrected chi connectivity index (χ3v) is 3.14. The van der Waals surface area contributed by atoms with Gasteiger partial charge in [0.15, 0.2) is 0 Å². The van der Waals surface area contributed by atoms with Crippen LogP contribution in [-0.4, -0.2) is 29.0 Å². The molecule has 2 N–H and O–H groups in total. The first kappa shape index (κ1) is 15.5. The van der Waals surface area contributed by atoms with Gasteiger partial charge in [0.25, 0.3) is 5.91 Å².